The fourth-order valence-electron chi connectivity index (χ4n) is 2.01. The molecule has 0 atom stereocenters. The molecule has 0 saturated heterocycles. The maximum absolute atomic E-state index is 4.05. The Balaban J connectivity index is 2.06. The standard InChI is InChI=1S/C19H21N/c1-14-9-12-19(13-16(14)3)20-17(4)10-11-18-8-6-5-7-15(18)2/h5-13,20H,4H2,1-3H3/b11-10-. The van der Waals surface area contributed by atoms with Gasteiger partial charge in [-0.25, -0.2) is 0 Å². The average molecular weight is 263 g/mol. The van der Waals surface area contributed by atoms with Crippen molar-refractivity contribution in [2.24, 2.45) is 0 Å². The van der Waals surface area contributed by atoms with Crippen LogP contribution in [0.5, 0.6) is 0 Å². The Bertz CT molecular complexity index is 651. The van der Waals surface area contributed by atoms with Crippen LogP contribution in [0, 0.1) is 20.8 Å². The Morgan fingerprint density at radius 1 is 0.950 bits per heavy atom. The largest absolute Gasteiger partial charge is 0.356 e. The Hall–Kier alpha value is -2.28. The van der Waals surface area contributed by atoms with Gasteiger partial charge in [0.1, 0.15) is 0 Å². The van der Waals surface area contributed by atoms with Crippen molar-refractivity contribution in [1.82, 2.24) is 0 Å². The van der Waals surface area contributed by atoms with Gasteiger partial charge >= 0.3 is 0 Å². The van der Waals surface area contributed by atoms with Gasteiger partial charge in [0.05, 0.1) is 0 Å². The summed E-state index contributed by atoms with van der Waals surface area (Å²) >= 11 is 0. The fraction of sp³-hybridized carbons (Fsp3) is 0.158. The SMILES string of the molecule is C=C(/C=C\c1ccccc1C)Nc1ccc(C)c(C)c1. The van der Waals surface area contributed by atoms with Gasteiger partial charge in [-0.15, -0.1) is 0 Å². The molecule has 2 aromatic rings. The van der Waals surface area contributed by atoms with E-state index in [4.69, 9.17) is 0 Å². The Kier molecular flexibility index (Phi) is 4.41. The lowest BCUT2D eigenvalue weighted by Gasteiger charge is -2.08. The van der Waals surface area contributed by atoms with Crippen LogP contribution in [0.4, 0.5) is 5.69 Å². The van der Waals surface area contributed by atoms with Gasteiger partial charge in [-0.3, -0.25) is 0 Å². The van der Waals surface area contributed by atoms with Gasteiger partial charge in [-0.05, 0) is 61.2 Å². The van der Waals surface area contributed by atoms with E-state index in [0.29, 0.717) is 0 Å². The molecule has 0 aliphatic rings. The van der Waals surface area contributed by atoms with E-state index >= 15 is 0 Å². The van der Waals surface area contributed by atoms with Crippen molar-refractivity contribution in [3.05, 3.63) is 83.1 Å². The van der Waals surface area contributed by atoms with Gasteiger partial charge in [-0.2, -0.15) is 0 Å². The molecule has 0 saturated carbocycles. The van der Waals surface area contributed by atoms with E-state index < -0.39 is 0 Å². The Morgan fingerprint density at radius 3 is 2.40 bits per heavy atom. The smallest absolute Gasteiger partial charge is 0.0386 e. The summed E-state index contributed by atoms with van der Waals surface area (Å²) in [4.78, 5) is 0. The zero-order valence-corrected chi connectivity index (χ0v) is 12.4. The summed E-state index contributed by atoms with van der Waals surface area (Å²) in [7, 11) is 0. The van der Waals surface area contributed by atoms with Crippen LogP contribution >= 0.6 is 0 Å². The lowest BCUT2D eigenvalue weighted by atomic mass is 10.1. The highest BCUT2D eigenvalue weighted by Gasteiger charge is 1.97. The van der Waals surface area contributed by atoms with E-state index in [9.17, 15) is 0 Å². The van der Waals surface area contributed by atoms with Crippen LogP contribution in [0.3, 0.4) is 0 Å². The molecule has 0 aliphatic carbocycles. The summed E-state index contributed by atoms with van der Waals surface area (Å²) in [6.07, 6.45) is 4.10. The third kappa shape index (κ3) is 3.61. The second-order valence-corrected chi connectivity index (χ2v) is 5.14. The van der Waals surface area contributed by atoms with Crippen molar-refractivity contribution >= 4 is 11.8 Å². The second-order valence-electron chi connectivity index (χ2n) is 5.14. The molecule has 1 N–H and O–H groups in total. The van der Waals surface area contributed by atoms with E-state index in [2.05, 4.69) is 75.1 Å². The molecular weight excluding hydrogens is 242 g/mol. The molecular formula is C19H21N. The average Bonchev–Trinajstić information content (AvgIpc) is 2.42. The lowest BCUT2D eigenvalue weighted by molar-refractivity contribution is 1.33. The topological polar surface area (TPSA) is 12.0 Å². The molecule has 2 aromatic carbocycles. The fourth-order valence-corrected chi connectivity index (χ4v) is 2.01. The summed E-state index contributed by atoms with van der Waals surface area (Å²) in [6.45, 7) is 10.4. The highest BCUT2D eigenvalue weighted by Crippen LogP contribution is 2.16. The molecule has 0 radical (unpaired) electrons. The molecule has 0 amide bonds. The van der Waals surface area contributed by atoms with Gasteiger partial charge in [0.25, 0.3) is 0 Å². The zero-order chi connectivity index (χ0) is 14.5. The number of nitrogens with one attached hydrogen (secondary N) is 1. The molecule has 1 nitrogen and oxygen atoms in total. The van der Waals surface area contributed by atoms with Crippen molar-refractivity contribution in [3.8, 4) is 0 Å². The first-order valence-corrected chi connectivity index (χ1v) is 6.83. The molecule has 0 aromatic heterocycles. The second kappa shape index (κ2) is 6.25. The molecule has 0 aliphatic heterocycles. The van der Waals surface area contributed by atoms with Crippen molar-refractivity contribution in [2.45, 2.75) is 20.8 Å². The predicted molar refractivity (Wildman–Crippen MR) is 88.9 cm³/mol. The minimum Gasteiger partial charge on any atom is -0.356 e. The summed E-state index contributed by atoms with van der Waals surface area (Å²) < 4.78 is 0. The number of benzene rings is 2. The molecule has 0 unspecified atom stereocenters. The Labute approximate surface area is 121 Å². The Morgan fingerprint density at radius 2 is 1.70 bits per heavy atom. The highest BCUT2D eigenvalue weighted by atomic mass is 14.9. The van der Waals surface area contributed by atoms with Crippen LogP contribution in [-0.2, 0) is 0 Å². The van der Waals surface area contributed by atoms with E-state index in [1.54, 1.807) is 0 Å². The molecule has 0 spiro atoms. The van der Waals surface area contributed by atoms with Crippen LogP contribution in [0.15, 0.2) is 60.8 Å². The maximum atomic E-state index is 4.05. The minimum absolute atomic E-state index is 0.886. The minimum atomic E-state index is 0.886. The van der Waals surface area contributed by atoms with Gasteiger partial charge in [0.15, 0.2) is 0 Å². The first kappa shape index (κ1) is 14.1. The molecule has 20 heavy (non-hydrogen) atoms. The first-order valence-electron chi connectivity index (χ1n) is 6.83. The van der Waals surface area contributed by atoms with E-state index in [0.717, 1.165) is 11.4 Å². The number of anilines is 1. The quantitative estimate of drug-likeness (QED) is 0.743. The molecule has 1 heteroatoms. The highest BCUT2D eigenvalue weighted by molar-refractivity contribution is 5.60. The van der Waals surface area contributed by atoms with Crippen LogP contribution in [-0.4, -0.2) is 0 Å². The van der Waals surface area contributed by atoms with Gasteiger partial charge < -0.3 is 5.32 Å². The molecule has 0 fully saturated rings. The number of allylic oxidation sites excluding steroid dienone is 1. The molecule has 0 bridgehead atoms. The summed E-state index contributed by atoms with van der Waals surface area (Å²) in [5.41, 5.74) is 7.03. The normalized spacial score (nSPS) is 10.8. The first-order chi connectivity index (χ1) is 9.56. The number of hydrogen-bond donors (Lipinski definition) is 1. The van der Waals surface area contributed by atoms with Crippen molar-refractivity contribution in [2.75, 3.05) is 5.32 Å². The van der Waals surface area contributed by atoms with E-state index in [1.807, 2.05) is 12.1 Å². The third-order valence-electron chi connectivity index (χ3n) is 3.46. The lowest BCUT2D eigenvalue weighted by Crippen LogP contribution is -1.96. The summed E-state index contributed by atoms with van der Waals surface area (Å²) in [5.74, 6) is 0. The van der Waals surface area contributed by atoms with Crippen LogP contribution < -0.4 is 5.32 Å². The summed E-state index contributed by atoms with van der Waals surface area (Å²) in [5, 5.41) is 3.32. The monoisotopic (exact) mass is 263 g/mol. The zero-order valence-electron chi connectivity index (χ0n) is 12.4. The number of rotatable bonds is 4. The number of hydrogen-bond acceptors (Lipinski definition) is 1. The van der Waals surface area contributed by atoms with Gasteiger partial charge in [0.2, 0.25) is 0 Å². The summed E-state index contributed by atoms with van der Waals surface area (Å²) in [6, 6.07) is 14.7. The van der Waals surface area contributed by atoms with Crippen molar-refractivity contribution in [3.63, 3.8) is 0 Å². The molecule has 102 valence electrons. The number of aryl methyl sites for hydroxylation is 3. The maximum Gasteiger partial charge on any atom is 0.0386 e. The van der Waals surface area contributed by atoms with Crippen LogP contribution in [0.25, 0.3) is 6.08 Å². The van der Waals surface area contributed by atoms with Crippen LogP contribution in [0.1, 0.15) is 22.3 Å². The van der Waals surface area contributed by atoms with Gasteiger partial charge in [0, 0.05) is 11.4 Å². The predicted octanol–water partition coefficient (Wildman–Crippen LogP) is 5.25. The molecule has 0 heterocycles. The third-order valence-corrected chi connectivity index (χ3v) is 3.46. The van der Waals surface area contributed by atoms with E-state index in [-0.39, 0.29) is 0 Å². The molecule has 2 rings (SSSR count). The van der Waals surface area contributed by atoms with Crippen molar-refractivity contribution < 1.29 is 0 Å². The van der Waals surface area contributed by atoms with Crippen molar-refractivity contribution in [1.29, 1.82) is 0 Å². The van der Waals surface area contributed by atoms with E-state index in [1.165, 1.54) is 22.3 Å². The van der Waals surface area contributed by atoms with Crippen LogP contribution in [0.2, 0.25) is 0 Å². The van der Waals surface area contributed by atoms with Gasteiger partial charge in [-0.1, -0.05) is 43.0 Å².